The first kappa shape index (κ1) is 13.7. The Morgan fingerprint density at radius 3 is 2.69 bits per heavy atom. The van der Waals surface area contributed by atoms with Crippen molar-refractivity contribution in [3.63, 3.8) is 0 Å². The predicted octanol–water partition coefficient (Wildman–Crippen LogP) is 3.22. The van der Waals surface area contributed by atoms with Gasteiger partial charge in [0, 0.05) is 17.2 Å². The summed E-state index contributed by atoms with van der Waals surface area (Å²) in [5.74, 6) is 0.497. The highest BCUT2D eigenvalue weighted by Gasteiger charge is 2.05. The number of halogens is 2. The van der Waals surface area contributed by atoms with E-state index in [9.17, 15) is 0 Å². The van der Waals surface area contributed by atoms with Crippen molar-refractivity contribution in [3.05, 3.63) is 21.8 Å². The fourth-order valence-electron chi connectivity index (χ4n) is 1.32. The molecule has 0 saturated carbocycles. The van der Waals surface area contributed by atoms with E-state index in [1.54, 1.807) is 12.3 Å². The molecular weight excluding hydrogens is 291 g/mol. The first-order valence-corrected chi connectivity index (χ1v) is 6.50. The van der Waals surface area contributed by atoms with Gasteiger partial charge in [-0.25, -0.2) is 4.98 Å². The maximum atomic E-state index is 5.98. The predicted molar refractivity (Wildman–Crippen MR) is 70.2 cm³/mol. The van der Waals surface area contributed by atoms with Crippen molar-refractivity contribution >= 4 is 27.5 Å². The van der Waals surface area contributed by atoms with E-state index in [2.05, 4.69) is 39.7 Å². The molecule has 0 fully saturated rings. The van der Waals surface area contributed by atoms with Crippen molar-refractivity contribution in [2.24, 2.45) is 0 Å². The van der Waals surface area contributed by atoms with Crippen LogP contribution in [0.3, 0.4) is 0 Å². The molecule has 0 aromatic carbocycles. The number of hydrogen-bond acceptors (Lipinski definition) is 3. The SMILES string of the molecule is CCN(CC)CCOc1ncc(Br)cc1Cl. The van der Waals surface area contributed by atoms with Gasteiger partial charge >= 0.3 is 0 Å². The fraction of sp³-hybridized carbons (Fsp3) is 0.545. The maximum Gasteiger partial charge on any atom is 0.232 e. The van der Waals surface area contributed by atoms with Crippen molar-refractivity contribution in [1.82, 2.24) is 9.88 Å². The molecule has 0 spiro atoms. The zero-order valence-electron chi connectivity index (χ0n) is 9.54. The topological polar surface area (TPSA) is 25.4 Å². The molecule has 0 amide bonds. The maximum absolute atomic E-state index is 5.98. The second-order valence-corrected chi connectivity index (χ2v) is 4.64. The standard InChI is InChI=1S/C11H16BrClN2O/c1-3-15(4-2)5-6-16-11-10(13)7-9(12)8-14-11/h7-8H,3-6H2,1-2H3. The van der Waals surface area contributed by atoms with Crippen LogP contribution in [0, 0.1) is 0 Å². The zero-order chi connectivity index (χ0) is 12.0. The van der Waals surface area contributed by atoms with Crippen molar-refractivity contribution in [2.75, 3.05) is 26.2 Å². The summed E-state index contributed by atoms with van der Waals surface area (Å²) in [6.07, 6.45) is 1.68. The minimum absolute atomic E-state index is 0.497. The molecule has 1 aromatic heterocycles. The molecule has 0 radical (unpaired) electrons. The summed E-state index contributed by atoms with van der Waals surface area (Å²) in [7, 11) is 0. The van der Waals surface area contributed by atoms with Crippen molar-refractivity contribution in [2.45, 2.75) is 13.8 Å². The number of hydrogen-bond donors (Lipinski definition) is 0. The highest BCUT2D eigenvalue weighted by atomic mass is 79.9. The van der Waals surface area contributed by atoms with Crippen LogP contribution in [-0.4, -0.2) is 36.1 Å². The molecule has 1 rings (SSSR count). The Morgan fingerprint density at radius 2 is 2.12 bits per heavy atom. The second-order valence-electron chi connectivity index (χ2n) is 3.32. The molecule has 16 heavy (non-hydrogen) atoms. The summed E-state index contributed by atoms with van der Waals surface area (Å²) >= 11 is 9.28. The third-order valence-electron chi connectivity index (χ3n) is 2.31. The van der Waals surface area contributed by atoms with Crippen LogP contribution in [0.25, 0.3) is 0 Å². The van der Waals surface area contributed by atoms with Crippen molar-refractivity contribution < 1.29 is 4.74 Å². The van der Waals surface area contributed by atoms with E-state index in [-0.39, 0.29) is 0 Å². The molecule has 1 heterocycles. The number of pyridine rings is 1. The lowest BCUT2D eigenvalue weighted by molar-refractivity contribution is 0.218. The van der Waals surface area contributed by atoms with Gasteiger partial charge in [0.25, 0.3) is 0 Å². The summed E-state index contributed by atoms with van der Waals surface area (Å²) in [6, 6.07) is 1.78. The molecule has 0 aliphatic rings. The summed E-state index contributed by atoms with van der Waals surface area (Å²) in [6.45, 7) is 7.82. The van der Waals surface area contributed by atoms with Crippen LogP contribution in [0.2, 0.25) is 5.02 Å². The van der Waals surface area contributed by atoms with E-state index in [4.69, 9.17) is 16.3 Å². The van der Waals surface area contributed by atoms with E-state index in [0.29, 0.717) is 17.5 Å². The molecule has 0 bridgehead atoms. The lowest BCUT2D eigenvalue weighted by Crippen LogP contribution is -2.28. The molecule has 0 aliphatic heterocycles. The molecule has 0 N–H and O–H groups in total. The Hall–Kier alpha value is -0.320. The summed E-state index contributed by atoms with van der Waals surface area (Å²) in [4.78, 5) is 6.39. The quantitative estimate of drug-likeness (QED) is 0.807. The molecule has 90 valence electrons. The molecule has 1 aromatic rings. The van der Waals surface area contributed by atoms with E-state index in [1.165, 1.54) is 0 Å². The van der Waals surface area contributed by atoms with Crippen LogP contribution >= 0.6 is 27.5 Å². The lowest BCUT2D eigenvalue weighted by Gasteiger charge is -2.17. The number of nitrogens with zero attached hydrogens (tertiary/aromatic N) is 2. The lowest BCUT2D eigenvalue weighted by atomic mass is 10.4. The zero-order valence-corrected chi connectivity index (χ0v) is 11.9. The van der Waals surface area contributed by atoms with Crippen LogP contribution in [0.5, 0.6) is 5.88 Å². The Kier molecular flexibility index (Phi) is 6.09. The number of ether oxygens (including phenoxy) is 1. The summed E-state index contributed by atoms with van der Waals surface area (Å²) in [5.41, 5.74) is 0. The van der Waals surface area contributed by atoms with Crippen molar-refractivity contribution in [1.29, 1.82) is 0 Å². The normalized spacial score (nSPS) is 10.8. The van der Waals surface area contributed by atoms with Crippen LogP contribution in [0.15, 0.2) is 16.7 Å². The molecule has 0 unspecified atom stereocenters. The molecule has 0 atom stereocenters. The van der Waals surface area contributed by atoms with Crippen LogP contribution < -0.4 is 4.74 Å². The van der Waals surface area contributed by atoms with Gasteiger partial charge in [-0.05, 0) is 35.1 Å². The Bertz CT molecular complexity index is 332. The monoisotopic (exact) mass is 306 g/mol. The van der Waals surface area contributed by atoms with E-state index >= 15 is 0 Å². The number of aromatic nitrogens is 1. The molecule has 0 aliphatic carbocycles. The van der Waals surface area contributed by atoms with Gasteiger partial charge in [0.05, 0.1) is 0 Å². The molecule has 3 nitrogen and oxygen atoms in total. The van der Waals surface area contributed by atoms with Gasteiger partial charge in [-0.15, -0.1) is 0 Å². The Balaban J connectivity index is 2.42. The van der Waals surface area contributed by atoms with Gasteiger partial charge in [0.2, 0.25) is 5.88 Å². The number of likely N-dealkylation sites (N-methyl/N-ethyl adjacent to an activating group) is 1. The molecule has 0 saturated heterocycles. The van der Waals surface area contributed by atoms with Gasteiger partial charge in [0.1, 0.15) is 11.6 Å². The molecular formula is C11H16BrClN2O. The summed E-state index contributed by atoms with van der Waals surface area (Å²) < 4.78 is 6.38. The van der Waals surface area contributed by atoms with E-state index in [0.717, 1.165) is 24.1 Å². The van der Waals surface area contributed by atoms with Gasteiger partial charge in [-0.1, -0.05) is 25.4 Å². The van der Waals surface area contributed by atoms with Gasteiger partial charge in [-0.2, -0.15) is 0 Å². The number of rotatable bonds is 6. The first-order chi connectivity index (χ1) is 7.67. The van der Waals surface area contributed by atoms with Crippen LogP contribution in [-0.2, 0) is 0 Å². The second kappa shape index (κ2) is 7.09. The fourth-order valence-corrected chi connectivity index (χ4v) is 2.00. The Morgan fingerprint density at radius 1 is 1.44 bits per heavy atom. The third-order valence-corrected chi connectivity index (χ3v) is 3.02. The molecule has 5 heteroatoms. The average molecular weight is 308 g/mol. The third kappa shape index (κ3) is 4.28. The average Bonchev–Trinajstić information content (AvgIpc) is 2.27. The van der Waals surface area contributed by atoms with Crippen LogP contribution in [0.1, 0.15) is 13.8 Å². The smallest absolute Gasteiger partial charge is 0.232 e. The van der Waals surface area contributed by atoms with E-state index in [1.807, 2.05) is 0 Å². The summed E-state index contributed by atoms with van der Waals surface area (Å²) in [5, 5.41) is 0.536. The van der Waals surface area contributed by atoms with Gasteiger partial charge in [0.15, 0.2) is 0 Å². The highest BCUT2D eigenvalue weighted by molar-refractivity contribution is 9.10. The van der Waals surface area contributed by atoms with Crippen molar-refractivity contribution in [3.8, 4) is 5.88 Å². The minimum atomic E-state index is 0.497. The Labute approximate surface area is 110 Å². The largest absolute Gasteiger partial charge is 0.475 e. The minimum Gasteiger partial charge on any atom is -0.475 e. The van der Waals surface area contributed by atoms with Gasteiger partial charge < -0.3 is 9.64 Å². The van der Waals surface area contributed by atoms with Gasteiger partial charge in [-0.3, -0.25) is 0 Å². The van der Waals surface area contributed by atoms with Crippen LogP contribution in [0.4, 0.5) is 0 Å². The van der Waals surface area contributed by atoms with E-state index < -0.39 is 0 Å². The first-order valence-electron chi connectivity index (χ1n) is 5.33. The highest BCUT2D eigenvalue weighted by Crippen LogP contribution is 2.24.